The van der Waals surface area contributed by atoms with Crippen LogP contribution in [0.1, 0.15) is 21.1 Å². The Morgan fingerprint density at radius 1 is 1.48 bits per heavy atom. The second-order valence-corrected chi connectivity index (χ2v) is 5.32. The van der Waals surface area contributed by atoms with E-state index in [2.05, 4.69) is 4.98 Å². The van der Waals surface area contributed by atoms with Crippen molar-refractivity contribution >= 4 is 22.9 Å². The topological polar surface area (TPSA) is 102 Å². The fourth-order valence-electron chi connectivity index (χ4n) is 1.85. The number of benzene rings is 1. The molecule has 0 aliphatic rings. The summed E-state index contributed by atoms with van der Waals surface area (Å²) in [6.45, 7) is 0.428. The largest absolute Gasteiger partial charge is 0.336 e. The number of hydrogen-bond donors (Lipinski definition) is 1. The standard InChI is InChI=1S/C13H14N4O3S/c1-16(13(18)10-8-21-12(6-14)15-10)7-9-4-2-3-5-11(9)17(19)20/h2-5,8H,6-7,14H2,1H3. The number of carbonyl (C=O) groups excluding carboxylic acids is 1. The Morgan fingerprint density at radius 3 is 2.81 bits per heavy atom. The van der Waals surface area contributed by atoms with Gasteiger partial charge in [-0.2, -0.15) is 0 Å². The van der Waals surface area contributed by atoms with Gasteiger partial charge in [0.2, 0.25) is 0 Å². The first kappa shape index (κ1) is 15.1. The highest BCUT2D eigenvalue weighted by molar-refractivity contribution is 7.09. The number of para-hydroxylation sites is 1. The first-order chi connectivity index (χ1) is 10.0. The van der Waals surface area contributed by atoms with E-state index in [-0.39, 0.29) is 24.7 Å². The Hall–Kier alpha value is -2.32. The molecule has 8 heteroatoms. The molecule has 0 saturated heterocycles. The fraction of sp³-hybridized carbons (Fsp3) is 0.231. The first-order valence-electron chi connectivity index (χ1n) is 6.15. The molecule has 21 heavy (non-hydrogen) atoms. The second kappa shape index (κ2) is 6.42. The van der Waals surface area contributed by atoms with Gasteiger partial charge in [0.25, 0.3) is 11.6 Å². The summed E-state index contributed by atoms with van der Waals surface area (Å²) in [4.78, 5) is 28.2. The highest BCUT2D eigenvalue weighted by Gasteiger charge is 2.19. The number of aromatic nitrogens is 1. The summed E-state index contributed by atoms with van der Waals surface area (Å²) < 4.78 is 0. The predicted molar refractivity (Wildman–Crippen MR) is 78.9 cm³/mol. The van der Waals surface area contributed by atoms with Crippen LogP contribution in [-0.2, 0) is 13.1 Å². The van der Waals surface area contributed by atoms with E-state index in [1.54, 1.807) is 30.6 Å². The Labute approximate surface area is 125 Å². The minimum atomic E-state index is -0.455. The van der Waals surface area contributed by atoms with Gasteiger partial charge in [-0.3, -0.25) is 14.9 Å². The third-order valence-corrected chi connectivity index (χ3v) is 3.76. The van der Waals surface area contributed by atoms with Gasteiger partial charge < -0.3 is 10.6 Å². The predicted octanol–water partition coefficient (Wildman–Crippen LogP) is 1.78. The fourth-order valence-corrected chi connectivity index (χ4v) is 2.50. The molecule has 0 saturated carbocycles. The number of nitro benzene ring substituents is 1. The zero-order chi connectivity index (χ0) is 15.4. The molecule has 7 nitrogen and oxygen atoms in total. The lowest BCUT2D eigenvalue weighted by atomic mass is 10.1. The van der Waals surface area contributed by atoms with Crippen LogP contribution >= 0.6 is 11.3 Å². The molecule has 2 aromatic rings. The number of nitro groups is 1. The third-order valence-electron chi connectivity index (χ3n) is 2.89. The quantitative estimate of drug-likeness (QED) is 0.670. The Kier molecular flexibility index (Phi) is 4.61. The van der Waals surface area contributed by atoms with Gasteiger partial charge in [-0.1, -0.05) is 18.2 Å². The number of thiazole rings is 1. The molecule has 1 aromatic heterocycles. The molecule has 1 amide bonds. The van der Waals surface area contributed by atoms with Crippen molar-refractivity contribution < 1.29 is 9.72 Å². The molecule has 0 aliphatic heterocycles. The van der Waals surface area contributed by atoms with Crippen molar-refractivity contribution in [3.8, 4) is 0 Å². The van der Waals surface area contributed by atoms with Gasteiger partial charge in [-0.25, -0.2) is 4.98 Å². The summed E-state index contributed by atoms with van der Waals surface area (Å²) in [5, 5.41) is 13.3. The third kappa shape index (κ3) is 3.41. The maximum absolute atomic E-state index is 12.2. The monoisotopic (exact) mass is 306 g/mol. The van der Waals surface area contributed by atoms with Gasteiger partial charge in [0.05, 0.1) is 11.5 Å². The number of nitrogens with zero attached hydrogens (tertiary/aromatic N) is 3. The highest BCUT2D eigenvalue weighted by Crippen LogP contribution is 2.20. The lowest BCUT2D eigenvalue weighted by Gasteiger charge is -2.15. The summed E-state index contributed by atoms with van der Waals surface area (Å²) >= 11 is 1.32. The van der Waals surface area contributed by atoms with Crippen molar-refractivity contribution in [1.82, 2.24) is 9.88 Å². The van der Waals surface area contributed by atoms with Crippen LogP contribution in [0.4, 0.5) is 5.69 Å². The van der Waals surface area contributed by atoms with E-state index in [9.17, 15) is 14.9 Å². The van der Waals surface area contributed by atoms with Crippen LogP contribution in [0.25, 0.3) is 0 Å². The molecule has 0 spiro atoms. The summed E-state index contributed by atoms with van der Waals surface area (Å²) in [7, 11) is 1.58. The summed E-state index contributed by atoms with van der Waals surface area (Å²) in [5.74, 6) is -0.288. The zero-order valence-corrected chi connectivity index (χ0v) is 12.2. The minimum absolute atomic E-state index is 0.00178. The van der Waals surface area contributed by atoms with Gasteiger partial charge in [-0.15, -0.1) is 11.3 Å². The molecular formula is C13H14N4O3S. The second-order valence-electron chi connectivity index (χ2n) is 4.38. The first-order valence-corrected chi connectivity index (χ1v) is 7.03. The van der Waals surface area contributed by atoms with Crippen LogP contribution in [-0.4, -0.2) is 27.8 Å². The van der Waals surface area contributed by atoms with E-state index >= 15 is 0 Å². The number of amides is 1. The van der Waals surface area contributed by atoms with Crippen molar-refractivity contribution in [2.75, 3.05) is 7.05 Å². The number of hydrogen-bond acceptors (Lipinski definition) is 6. The molecule has 0 atom stereocenters. The van der Waals surface area contributed by atoms with E-state index in [1.807, 2.05) is 0 Å². The maximum Gasteiger partial charge on any atom is 0.274 e. The van der Waals surface area contributed by atoms with Crippen LogP contribution in [0.5, 0.6) is 0 Å². The maximum atomic E-state index is 12.2. The van der Waals surface area contributed by atoms with Crippen molar-refractivity contribution in [2.45, 2.75) is 13.1 Å². The van der Waals surface area contributed by atoms with Crippen LogP contribution in [0, 0.1) is 10.1 Å². The average molecular weight is 306 g/mol. The molecule has 2 rings (SSSR count). The number of nitrogens with two attached hydrogens (primary N) is 1. The van der Waals surface area contributed by atoms with Crippen molar-refractivity contribution in [2.24, 2.45) is 5.73 Å². The van der Waals surface area contributed by atoms with Crippen LogP contribution < -0.4 is 5.73 Å². The minimum Gasteiger partial charge on any atom is -0.336 e. The van der Waals surface area contributed by atoms with E-state index in [1.165, 1.54) is 22.3 Å². The number of rotatable bonds is 5. The Balaban J connectivity index is 2.16. The molecule has 110 valence electrons. The van der Waals surface area contributed by atoms with Crippen LogP contribution in [0.15, 0.2) is 29.6 Å². The summed E-state index contributed by atoms with van der Waals surface area (Å²) in [6.07, 6.45) is 0. The van der Waals surface area contributed by atoms with Gasteiger partial charge >= 0.3 is 0 Å². The molecule has 0 radical (unpaired) electrons. The molecule has 1 aromatic carbocycles. The van der Waals surface area contributed by atoms with Gasteiger partial charge in [0, 0.05) is 30.6 Å². The summed E-state index contributed by atoms with van der Waals surface area (Å²) in [5.41, 5.74) is 6.25. The number of carbonyl (C=O) groups is 1. The van der Waals surface area contributed by atoms with Crippen molar-refractivity contribution in [3.05, 3.63) is 56.0 Å². The van der Waals surface area contributed by atoms with Gasteiger partial charge in [0.1, 0.15) is 10.7 Å². The SMILES string of the molecule is CN(Cc1ccccc1[N+](=O)[O-])C(=O)c1csc(CN)n1. The molecule has 0 unspecified atom stereocenters. The summed E-state index contributed by atoms with van der Waals surface area (Å²) in [6, 6.07) is 6.35. The normalized spacial score (nSPS) is 10.4. The zero-order valence-electron chi connectivity index (χ0n) is 11.4. The highest BCUT2D eigenvalue weighted by atomic mass is 32.1. The van der Waals surface area contributed by atoms with E-state index in [0.29, 0.717) is 16.3 Å². The van der Waals surface area contributed by atoms with Gasteiger partial charge in [0.15, 0.2) is 0 Å². The molecule has 2 N–H and O–H groups in total. The van der Waals surface area contributed by atoms with Crippen molar-refractivity contribution in [3.63, 3.8) is 0 Å². The Bertz CT molecular complexity index is 671. The van der Waals surface area contributed by atoms with Crippen LogP contribution in [0.2, 0.25) is 0 Å². The lowest BCUT2D eigenvalue weighted by molar-refractivity contribution is -0.385. The molecule has 0 fully saturated rings. The van der Waals surface area contributed by atoms with E-state index in [0.717, 1.165) is 0 Å². The smallest absolute Gasteiger partial charge is 0.274 e. The molecule has 0 bridgehead atoms. The molecule has 0 aliphatic carbocycles. The average Bonchev–Trinajstić information content (AvgIpc) is 2.95. The van der Waals surface area contributed by atoms with Crippen molar-refractivity contribution in [1.29, 1.82) is 0 Å². The van der Waals surface area contributed by atoms with E-state index in [4.69, 9.17) is 5.73 Å². The van der Waals surface area contributed by atoms with E-state index < -0.39 is 4.92 Å². The molecular weight excluding hydrogens is 292 g/mol. The molecule has 1 heterocycles. The van der Waals surface area contributed by atoms with Gasteiger partial charge in [-0.05, 0) is 0 Å². The van der Waals surface area contributed by atoms with Crippen LogP contribution in [0.3, 0.4) is 0 Å². The Morgan fingerprint density at radius 2 is 2.19 bits per heavy atom. The lowest BCUT2D eigenvalue weighted by Crippen LogP contribution is -2.26.